The van der Waals surface area contributed by atoms with E-state index in [1.165, 1.54) is 0 Å². The monoisotopic (exact) mass is 277 g/mol. The smallest absolute Gasteiger partial charge is 0.178 e. The lowest BCUT2D eigenvalue weighted by Crippen LogP contribution is -2.16. The van der Waals surface area contributed by atoms with Gasteiger partial charge in [0.1, 0.15) is 0 Å². The van der Waals surface area contributed by atoms with Gasteiger partial charge < -0.3 is 5.73 Å². The van der Waals surface area contributed by atoms with E-state index in [0.29, 0.717) is 10.8 Å². The van der Waals surface area contributed by atoms with Gasteiger partial charge in [0.15, 0.2) is 9.84 Å². The Morgan fingerprint density at radius 3 is 2.00 bits per heavy atom. The molecule has 0 amide bonds. The third-order valence-electron chi connectivity index (χ3n) is 2.72. The van der Waals surface area contributed by atoms with Crippen LogP contribution in [0.1, 0.15) is 32.4 Å². The number of rotatable bonds is 4. The van der Waals surface area contributed by atoms with Crippen molar-refractivity contribution in [3.63, 3.8) is 0 Å². The van der Waals surface area contributed by atoms with E-state index in [2.05, 4.69) is 0 Å². The number of sulfone groups is 1. The highest BCUT2D eigenvalue weighted by atomic mass is 35.5. The van der Waals surface area contributed by atoms with Gasteiger partial charge in [0.25, 0.3) is 0 Å². The molecule has 0 bridgehead atoms. The lowest BCUT2D eigenvalue weighted by atomic mass is 9.97. The first-order valence-corrected chi connectivity index (χ1v) is 7.12. The zero-order chi connectivity index (χ0) is 12.3. The molecule has 0 heterocycles. The molecule has 3 nitrogen and oxygen atoms in total. The minimum Gasteiger partial charge on any atom is -0.324 e. The van der Waals surface area contributed by atoms with Crippen LogP contribution in [-0.4, -0.2) is 14.2 Å². The van der Waals surface area contributed by atoms with Crippen LogP contribution in [0.2, 0.25) is 0 Å². The van der Waals surface area contributed by atoms with Gasteiger partial charge in [-0.3, -0.25) is 0 Å². The maximum absolute atomic E-state index is 11.6. The lowest BCUT2D eigenvalue weighted by Gasteiger charge is -2.16. The average Bonchev–Trinajstić information content (AvgIpc) is 2.28. The van der Waals surface area contributed by atoms with Gasteiger partial charge in [0.2, 0.25) is 0 Å². The predicted octanol–water partition coefficient (Wildman–Crippen LogP) is 2.56. The van der Waals surface area contributed by atoms with Gasteiger partial charge in [0, 0.05) is 6.04 Å². The summed E-state index contributed by atoms with van der Waals surface area (Å²) in [5, 5.41) is 0. The van der Waals surface area contributed by atoms with E-state index in [4.69, 9.17) is 5.73 Å². The zero-order valence-electron chi connectivity index (χ0n) is 10.4. The lowest BCUT2D eigenvalue weighted by molar-refractivity contribution is 0.514. The molecule has 1 unspecified atom stereocenters. The van der Waals surface area contributed by atoms with Crippen LogP contribution in [0.25, 0.3) is 0 Å². The fraction of sp³-hybridized carbons (Fsp3) is 0.500. The summed E-state index contributed by atoms with van der Waals surface area (Å²) in [7, 11) is -3.10. The van der Waals surface area contributed by atoms with E-state index < -0.39 is 9.84 Å². The van der Waals surface area contributed by atoms with Crippen LogP contribution in [0.5, 0.6) is 0 Å². The van der Waals surface area contributed by atoms with Crippen molar-refractivity contribution < 1.29 is 8.42 Å². The molecule has 0 aliphatic carbocycles. The van der Waals surface area contributed by atoms with Crippen molar-refractivity contribution in [3.8, 4) is 0 Å². The first-order chi connectivity index (χ1) is 7.38. The Bertz CT molecular complexity index is 440. The second-order valence-electron chi connectivity index (χ2n) is 4.24. The van der Waals surface area contributed by atoms with Crippen LogP contribution in [0, 0.1) is 5.92 Å². The van der Waals surface area contributed by atoms with Gasteiger partial charge in [-0.25, -0.2) is 8.42 Å². The SMILES string of the molecule is CCS(=O)(=O)c1ccc(C(N)C(C)C)cc1.Cl. The minimum atomic E-state index is -3.10. The molecule has 1 aromatic rings. The molecule has 0 radical (unpaired) electrons. The average molecular weight is 278 g/mol. The molecule has 98 valence electrons. The maximum atomic E-state index is 11.6. The van der Waals surface area contributed by atoms with Crippen molar-refractivity contribution >= 4 is 22.2 Å². The van der Waals surface area contributed by atoms with Crippen LogP contribution < -0.4 is 5.73 Å². The standard InChI is InChI=1S/C12H19NO2S.ClH/c1-4-16(14,15)11-7-5-10(6-8-11)12(13)9(2)3;/h5-9,12H,4,13H2,1-3H3;1H. The van der Waals surface area contributed by atoms with Crippen LogP contribution in [0.4, 0.5) is 0 Å². The summed E-state index contributed by atoms with van der Waals surface area (Å²) in [6.07, 6.45) is 0. The van der Waals surface area contributed by atoms with Gasteiger partial charge in [-0.15, -0.1) is 12.4 Å². The molecule has 2 N–H and O–H groups in total. The highest BCUT2D eigenvalue weighted by molar-refractivity contribution is 7.91. The Kier molecular flexibility index (Phi) is 6.16. The van der Waals surface area contributed by atoms with E-state index in [-0.39, 0.29) is 24.2 Å². The van der Waals surface area contributed by atoms with Gasteiger partial charge in [0.05, 0.1) is 10.6 Å². The molecular formula is C12H20ClNO2S. The van der Waals surface area contributed by atoms with E-state index in [0.717, 1.165) is 5.56 Å². The summed E-state index contributed by atoms with van der Waals surface area (Å²) < 4.78 is 23.2. The number of nitrogens with two attached hydrogens (primary N) is 1. The fourth-order valence-corrected chi connectivity index (χ4v) is 2.33. The van der Waals surface area contributed by atoms with E-state index in [9.17, 15) is 8.42 Å². The first kappa shape index (κ1) is 16.4. The molecule has 5 heteroatoms. The Hall–Kier alpha value is -0.580. The topological polar surface area (TPSA) is 60.2 Å². The molecule has 17 heavy (non-hydrogen) atoms. The summed E-state index contributed by atoms with van der Waals surface area (Å²) in [6.45, 7) is 5.73. The quantitative estimate of drug-likeness (QED) is 0.920. The predicted molar refractivity (Wildman–Crippen MR) is 73.2 cm³/mol. The summed E-state index contributed by atoms with van der Waals surface area (Å²) in [6, 6.07) is 6.83. The van der Waals surface area contributed by atoms with Crippen LogP contribution in [-0.2, 0) is 9.84 Å². The zero-order valence-corrected chi connectivity index (χ0v) is 12.0. The van der Waals surface area contributed by atoms with E-state index in [1.54, 1.807) is 31.2 Å². The molecule has 0 aliphatic rings. The second kappa shape index (κ2) is 6.38. The van der Waals surface area contributed by atoms with Crippen molar-refractivity contribution in [2.75, 3.05) is 5.75 Å². The highest BCUT2D eigenvalue weighted by Crippen LogP contribution is 2.20. The molecule has 0 saturated carbocycles. The molecule has 1 atom stereocenters. The Labute approximate surface area is 110 Å². The number of hydrogen-bond donors (Lipinski definition) is 1. The van der Waals surface area contributed by atoms with Gasteiger partial charge in [-0.2, -0.15) is 0 Å². The third kappa shape index (κ3) is 3.98. The first-order valence-electron chi connectivity index (χ1n) is 5.46. The largest absolute Gasteiger partial charge is 0.324 e. The summed E-state index contributed by atoms with van der Waals surface area (Å²) in [5.41, 5.74) is 6.96. The number of benzene rings is 1. The highest BCUT2D eigenvalue weighted by Gasteiger charge is 2.14. The van der Waals surface area contributed by atoms with Crippen molar-refractivity contribution in [3.05, 3.63) is 29.8 Å². The van der Waals surface area contributed by atoms with Crippen LogP contribution in [0.15, 0.2) is 29.2 Å². The maximum Gasteiger partial charge on any atom is 0.178 e. The van der Waals surface area contributed by atoms with Crippen molar-refractivity contribution in [1.82, 2.24) is 0 Å². The Morgan fingerprint density at radius 2 is 1.65 bits per heavy atom. The molecule has 0 saturated heterocycles. The van der Waals surface area contributed by atoms with E-state index >= 15 is 0 Å². The number of hydrogen-bond acceptors (Lipinski definition) is 3. The Morgan fingerprint density at radius 1 is 1.18 bits per heavy atom. The Balaban J connectivity index is 0.00000256. The summed E-state index contributed by atoms with van der Waals surface area (Å²) in [4.78, 5) is 0.370. The van der Waals surface area contributed by atoms with Crippen molar-refractivity contribution in [2.24, 2.45) is 11.7 Å². The van der Waals surface area contributed by atoms with Gasteiger partial charge in [-0.05, 0) is 23.6 Å². The normalized spacial score (nSPS) is 13.2. The minimum absolute atomic E-state index is 0. The van der Waals surface area contributed by atoms with Crippen LogP contribution >= 0.6 is 12.4 Å². The molecule has 0 fully saturated rings. The summed E-state index contributed by atoms with van der Waals surface area (Å²) >= 11 is 0. The molecule has 1 rings (SSSR count). The second-order valence-corrected chi connectivity index (χ2v) is 6.52. The van der Waals surface area contributed by atoms with Gasteiger partial charge >= 0.3 is 0 Å². The molecule has 1 aromatic carbocycles. The van der Waals surface area contributed by atoms with Crippen molar-refractivity contribution in [2.45, 2.75) is 31.7 Å². The molecular weight excluding hydrogens is 258 g/mol. The third-order valence-corrected chi connectivity index (χ3v) is 4.47. The summed E-state index contributed by atoms with van der Waals surface area (Å²) in [5.74, 6) is 0.469. The molecule has 0 aromatic heterocycles. The van der Waals surface area contributed by atoms with Gasteiger partial charge in [-0.1, -0.05) is 32.9 Å². The van der Waals surface area contributed by atoms with Crippen molar-refractivity contribution in [1.29, 1.82) is 0 Å². The van der Waals surface area contributed by atoms with E-state index in [1.807, 2.05) is 13.8 Å². The molecule has 0 spiro atoms. The fourth-order valence-electron chi connectivity index (χ4n) is 1.45. The van der Waals surface area contributed by atoms with Crippen LogP contribution in [0.3, 0.4) is 0 Å². The molecule has 0 aliphatic heterocycles. The number of halogens is 1.